The van der Waals surface area contributed by atoms with Crippen molar-refractivity contribution >= 4 is 5.91 Å². The highest BCUT2D eigenvalue weighted by Crippen LogP contribution is 2.00. The minimum absolute atomic E-state index is 0.00925. The monoisotopic (exact) mass is 391 g/mol. The standard InChI is InChI=1S/C19H37NO7/c1-6-19(21)20-7-8-23-9-10-24-11-12-25-13-17(3)27-15-18(4)26-14-16(2)22-5/h6,16-18H,1,7-15H2,2-5H3,(H,20,21). The number of carbonyl (C=O) groups is 1. The van der Waals surface area contributed by atoms with E-state index in [1.54, 1.807) is 7.11 Å². The second-order valence-corrected chi connectivity index (χ2v) is 6.13. The zero-order chi connectivity index (χ0) is 20.3. The Labute approximate surface area is 163 Å². The van der Waals surface area contributed by atoms with E-state index in [0.29, 0.717) is 59.4 Å². The molecule has 0 aromatic carbocycles. The summed E-state index contributed by atoms with van der Waals surface area (Å²) in [5, 5.41) is 2.63. The first-order valence-corrected chi connectivity index (χ1v) is 9.39. The lowest BCUT2D eigenvalue weighted by atomic mass is 10.4. The summed E-state index contributed by atoms with van der Waals surface area (Å²) in [5.41, 5.74) is 0. The maximum atomic E-state index is 10.9. The maximum Gasteiger partial charge on any atom is 0.243 e. The molecule has 0 rings (SSSR count). The number of nitrogens with one attached hydrogen (secondary N) is 1. The van der Waals surface area contributed by atoms with Crippen LogP contribution in [0.1, 0.15) is 20.8 Å². The molecular formula is C19H37NO7. The highest BCUT2D eigenvalue weighted by molar-refractivity contribution is 5.86. The van der Waals surface area contributed by atoms with Crippen LogP contribution in [0.3, 0.4) is 0 Å². The van der Waals surface area contributed by atoms with E-state index in [4.69, 9.17) is 28.4 Å². The number of amides is 1. The molecule has 160 valence electrons. The molecule has 0 fully saturated rings. The molecule has 1 N–H and O–H groups in total. The summed E-state index contributed by atoms with van der Waals surface area (Å²) in [6.07, 6.45) is 1.31. The van der Waals surface area contributed by atoms with Gasteiger partial charge in [0.1, 0.15) is 0 Å². The van der Waals surface area contributed by atoms with Crippen molar-refractivity contribution in [1.82, 2.24) is 5.32 Å². The summed E-state index contributed by atoms with van der Waals surface area (Å²) in [6, 6.07) is 0. The largest absolute Gasteiger partial charge is 0.379 e. The van der Waals surface area contributed by atoms with Crippen molar-refractivity contribution in [3.05, 3.63) is 12.7 Å². The van der Waals surface area contributed by atoms with Gasteiger partial charge in [0.05, 0.1) is 71.2 Å². The fourth-order valence-electron chi connectivity index (χ4n) is 1.77. The molecule has 0 aliphatic rings. The first kappa shape index (κ1) is 26.0. The van der Waals surface area contributed by atoms with Crippen LogP contribution in [0.5, 0.6) is 0 Å². The van der Waals surface area contributed by atoms with E-state index in [1.165, 1.54) is 6.08 Å². The van der Waals surface area contributed by atoms with Gasteiger partial charge in [0.15, 0.2) is 0 Å². The summed E-state index contributed by atoms with van der Waals surface area (Å²) in [6.45, 7) is 13.7. The van der Waals surface area contributed by atoms with Gasteiger partial charge in [-0.05, 0) is 26.8 Å². The number of hydrogen-bond donors (Lipinski definition) is 1. The molecule has 0 aromatic rings. The van der Waals surface area contributed by atoms with Crippen molar-refractivity contribution in [2.24, 2.45) is 0 Å². The average molecular weight is 392 g/mol. The lowest BCUT2D eigenvalue weighted by Gasteiger charge is -2.19. The molecular weight excluding hydrogens is 354 g/mol. The molecule has 0 saturated carbocycles. The third-order valence-electron chi connectivity index (χ3n) is 3.46. The van der Waals surface area contributed by atoms with Crippen LogP contribution in [0.2, 0.25) is 0 Å². The molecule has 0 spiro atoms. The summed E-state index contributed by atoms with van der Waals surface area (Å²) in [4.78, 5) is 10.9. The van der Waals surface area contributed by atoms with E-state index in [1.807, 2.05) is 20.8 Å². The fraction of sp³-hybridized carbons (Fsp3) is 0.842. The number of hydrogen-bond acceptors (Lipinski definition) is 7. The Balaban J connectivity index is 3.34. The van der Waals surface area contributed by atoms with Crippen molar-refractivity contribution in [2.75, 3.05) is 66.5 Å². The van der Waals surface area contributed by atoms with Gasteiger partial charge in [-0.15, -0.1) is 0 Å². The van der Waals surface area contributed by atoms with Gasteiger partial charge in [0.2, 0.25) is 5.91 Å². The van der Waals surface area contributed by atoms with Gasteiger partial charge in [-0.1, -0.05) is 6.58 Å². The van der Waals surface area contributed by atoms with Crippen LogP contribution in [0.25, 0.3) is 0 Å². The molecule has 0 aromatic heterocycles. The Morgan fingerprint density at radius 1 is 0.852 bits per heavy atom. The zero-order valence-corrected chi connectivity index (χ0v) is 17.2. The Morgan fingerprint density at radius 3 is 1.96 bits per heavy atom. The second-order valence-electron chi connectivity index (χ2n) is 6.13. The van der Waals surface area contributed by atoms with Crippen LogP contribution in [-0.4, -0.2) is 90.7 Å². The fourth-order valence-corrected chi connectivity index (χ4v) is 1.77. The molecule has 1 amide bonds. The van der Waals surface area contributed by atoms with Crippen molar-refractivity contribution in [3.63, 3.8) is 0 Å². The molecule has 0 saturated heterocycles. The first-order chi connectivity index (χ1) is 13.0. The lowest BCUT2D eigenvalue weighted by Crippen LogP contribution is -2.26. The lowest BCUT2D eigenvalue weighted by molar-refractivity contribution is -0.116. The van der Waals surface area contributed by atoms with Crippen LogP contribution in [0, 0.1) is 0 Å². The molecule has 27 heavy (non-hydrogen) atoms. The normalized spacial score (nSPS) is 14.5. The van der Waals surface area contributed by atoms with Gasteiger partial charge in [-0.25, -0.2) is 0 Å². The molecule has 8 nitrogen and oxygen atoms in total. The van der Waals surface area contributed by atoms with E-state index < -0.39 is 0 Å². The molecule has 0 aliphatic carbocycles. The summed E-state index contributed by atoms with van der Waals surface area (Å²) in [7, 11) is 1.66. The molecule has 3 atom stereocenters. The third-order valence-corrected chi connectivity index (χ3v) is 3.46. The van der Waals surface area contributed by atoms with Crippen LogP contribution in [0.4, 0.5) is 0 Å². The number of carbonyl (C=O) groups excluding carboxylic acids is 1. The van der Waals surface area contributed by atoms with Gasteiger partial charge in [-0.3, -0.25) is 4.79 Å². The predicted octanol–water partition coefficient (Wildman–Crippen LogP) is 1.18. The maximum absolute atomic E-state index is 10.9. The van der Waals surface area contributed by atoms with Gasteiger partial charge >= 0.3 is 0 Å². The molecule has 0 heterocycles. The van der Waals surface area contributed by atoms with Gasteiger partial charge in [0, 0.05) is 13.7 Å². The van der Waals surface area contributed by atoms with E-state index in [-0.39, 0.29) is 24.2 Å². The van der Waals surface area contributed by atoms with E-state index in [2.05, 4.69) is 11.9 Å². The summed E-state index contributed by atoms with van der Waals surface area (Å²) >= 11 is 0. The number of methoxy groups -OCH3 is 1. The van der Waals surface area contributed by atoms with Crippen LogP contribution >= 0.6 is 0 Å². The minimum atomic E-state index is -0.201. The summed E-state index contributed by atoms with van der Waals surface area (Å²) < 4.78 is 32.7. The van der Waals surface area contributed by atoms with Crippen molar-refractivity contribution in [3.8, 4) is 0 Å². The van der Waals surface area contributed by atoms with E-state index in [0.717, 1.165) is 0 Å². The van der Waals surface area contributed by atoms with Crippen LogP contribution in [-0.2, 0) is 33.2 Å². The Morgan fingerprint density at radius 2 is 1.37 bits per heavy atom. The number of ether oxygens (including phenoxy) is 6. The highest BCUT2D eigenvalue weighted by Gasteiger charge is 2.09. The van der Waals surface area contributed by atoms with Gasteiger partial charge in [0.25, 0.3) is 0 Å². The van der Waals surface area contributed by atoms with Crippen molar-refractivity contribution < 1.29 is 33.2 Å². The van der Waals surface area contributed by atoms with E-state index in [9.17, 15) is 4.79 Å². The van der Waals surface area contributed by atoms with Crippen LogP contribution < -0.4 is 5.32 Å². The van der Waals surface area contributed by atoms with Crippen molar-refractivity contribution in [1.29, 1.82) is 0 Å². The first-order valence-electron chi connectivity index (χ1n) is 9.39. The Hall–Kier alpha value is -1.03. The topological polar surface area (TPSA) is 84.5 Å². The van der Waals surface area contributed by atoms with E-state index >= 15 is 0 Å². The predicted molar refractivity (Wildman–Crippen MR) is 103 cm³/mol. The smallest absolute Gasteiger partial charge is 0.243 e. The van der Waals surface area contributed by atoms with Crippen LogP contribution in [0.15, 0.2) is 12.7 Å². The molecule has 8 heteroatoms. The van der Waals surface area contributed by atoms with Gasteiger partial charge in [-0.2, -0.15) is 0 Å². The zero-order valence-electron chi connectivity index (χ0n) is 17.2. The average Bonchev–Trinajstić information content (AvgIpc) is 2.68. The number of rotatable bonds is 19. The SMILES string of the molecule is C=CC(=O)NCCOCCOCCOCC(C)OCC(C)OCC(C)OC. The Kier molecular flexibility index (Phi) is 17.6. The van der Waals surface area contributed by atoms with Crippen molar-refractivity contribution in [2.45, 2.75) is 39.1 Å². The molecule has 0 aliphatic heterocycles. The highest BCUT2D eigenvalue weighted by atomic mass is 16.6. The minimum Gasteiger partial charge on any atom is -0.379 e. The second kappa shape index (κ2) is 18.3. The Bertz CT molecular complexity index is 368. The molecule has 0 radical (unpaired) electrons. The molecule has 0 bridgehead atoms. The third kappa shape index (κ3) is 18.1. The molecule has 3 unspecified atom stereocenters. The summed E-state index contributed by atoms with van der Waals surface area (Å²) in [5.74, 6) is -0.201. The quantitative estimate of drug-likeness (QED) is 0.261. The van der Waals surface area contributed by atoms with Gasteiger partial charge < -0.3 is 33.7 Å².